The molecule has 2 aliphatic heterocycles. The fraction of sp³-hybridized carbons (Fsp3) is 0.588. The van der Waals surface area contributed by atoms with Crippen LogP contribution >= 0.6 is 11.6 Å². The summed E-state index contributed by atoms with van der Waals surface area (Å²) >= 11 is 5.88. The molecule has 1 spiro atoms. The molecule has 0 aliphatic carbocycles. The number of carbonyl (C=O) groups excluding carboxylic acids is 1. The van der Waals surface area contributed by atoms with Gasteiger partial charge in [0.2, 0.25) is 5.91 Å². The summed E-state index contributed by atoms with van der Waals surface area (Å²) in [6.45, 7) is 4.15. The maximum Gasteiger partial charge on any atom is 0.222 e. The predicted octanol–water partition coefficient (Wildman–Crippen LogP) is 2.87. The average molecular weight is 307 g/mol. The smallest absolute Gasteiger partial charge is 0.222 e. The summed E-state index contributed by atoms with van der Waals surface area (Å²) in [7, 11) is 0. The van der Waals surface area contributed by atoms with Crippen LogP contribution in [0.5, 0.6) is 0 Å². The van der Waals surface area contributed by atoms with Gasteiger partial charge in [-0.1, -0.05) is 23.7 Å². The maximum atomic E-state index is 12.3. The van der Waals surface area contributed by atoms with Crippen molar-refractivity contribution < 1.29 is 4.79 Å². The topological polar surface area (TPSA) is 32.3 Å². The maximum absolute atomic E-state index is 12.3. The van der Waals surface area contributed by atoms with Crippen molar-refractivity contribution in [1.29, 1.82) is 0 Å². The molecule has 2 aliphatic rings. The van der Waals surface area contributed by atoms with Gasteiger partial charge >= 0.3 is 0 Å². The summed E-state index contributed by atoms with van der Waals surface area (Å²) in [5, 5.41) is 4.21. The number of piperidine rings is 1. The Hall–Kier alpha value is -1.06. The van der Waals surface area contributed by atoms with Gasteiger partial charge in [0.25, 0.3) is 0 Å². The Morgan fingerprint density at radius 3 is 2.52 bits per heavy atom. The van der Waals surface area contributed by atoms with Crippen LogP contribution in [0.1, 0.15) is 31.2 Å². The molecule has 1 aromatic carbocycles. The largest absolute Gasteiger partial charge is 0.343 e. The molecule has 0 bridgehead atoms. The van der Waals surface area contributed by atoms with Crippen molar-refractivity contribution in [1.82, 2.24) is 10.2 Å². The third-order valence-electron chi connectivity index (χ3n) is 5.05. The number of halogens is 1. The van der Waals surface area contributed by atoms with Crippen molar-refractivity contribution in [2.24, 2.45) is 5.41 Å². The number of aryl methyl sites for hydroxylation is 1. The van der Waals surface area contributed by atoms with Gasteiger partial charge in [-0.05, 0) is 55.3 Å². The lowest BCUT2D eigenvalue weighted by Crippen LogP contribution is -2.44. The quantitative estimate of drug-likeness (QED) is 0.931. The van der Waals surface area contributed by atoms with Gasteiger partial charge in [0.05, 0.1) is 0 Å². The highest BCUT2D eigenvalue weighted by atomic mass is 35.5. The molecule has 0 atom stereocenters. The number of hydrogen-bond donors (Lipinski definition) is 1. The molecule has 2 fully saturated rings. The van der Waals surface area contributed by atoms with E-state index in [4.69, 9.17) is 11.6 Å². The second kappa shape index (κ2) is 6.37. The van der Waals surface area contributed by atoms with E-state index < -0.39 is 0 Å². The highest BCUT2D eigenvalue weighted by molar-refractivity contribution is 6.30. The third-order valence-corrected chi connectivity index (χ3v) is 5.30. The first-order valence-electron chi connectivity index (χ1n) is 7.90. The molecule has 0 unspecified atom stereocenters. The minimum atomic E-state index is 0.297. The van der Waals surface area contributed by atoms with E-state index in [0.717, 1.165) is 50.5 Å². The van der Waals surface area contributed by atoms with Gasteiger partial charge in [-0.2, -0.15) is 0 Å². The Morgan fingerprint density at radius 2 is 1.90 bits per heavy atom. The Kier molecular flexibility index (Phi) is 4.51. The molecule has 0 radical (unpaired) electrons. The normalized spacial score (nSPS) is 20.9. The number of carbonyl (C=O) groups is 1. The van der Waals surface area contributed by atoms with Crippen LogP contribution in [0.15, 0.2) is 24.3 Å². The standard InChI is InChI=1S/C17H23ClN2O/c18-15-4-1-14(2-5-15)3-6-16(21)20-11-8-17(9-12-20)7-10-19-13-17/h1-2,4-5,19H,3,6-13H2. The molecule has 4 heteroatoms. The van der Waals surface area contributed by atoms with Crippen molar-refractivity contribution in [3.05, 3.63) is 34.9 Å². The molecule has 1 N–H and O–H groups in total. The summed E-state index contributed by atoms with van der Waals surface area (Å²) in [6, 6.07) is 7.79. The first-order valence-corrected chi connectivity index (χ1v) is 8.28. The molecule has 3 nitrogen and oxygen atoms in total. The van der Waals surface area contributed by atoms with Gasteiger partial charge in [-0.3, -0.25) is 4.79 Å². The molecule has 114 valence electrons. The van der Waals surface area contributed by atoms with Crippen LogP contribution in [-0.4, -0.2) is 37.0 Å². The molecule has 2 saturated heterocycles. The summed E-state index contributed by atoms with van der Waals surface area (Å²) < 4.78 is 0. The minimum absolute atomic E-state index is 0.297. The second-order valence-electron chi connectivity index (χ2n) is 6.43. The fourth-order valence-corrected chi connectivity index (χ4v) is 3.64. The van der Waals surface area contributed by atoms with Gasteiger partial charge in [-0.15, -0.1) is 0 Å². The predicted molar refractivity (Wildman–Crippen MR) is 85.5 cm³/mol. The molecule has 1 amide bonds. The number of likely N-dealkylation sites (tertiary alicyclic amines) is 1. The Labute approximate surface area is 131 Å². The van der Waals surface area contributed by atoms with Crippen LogP contribution in [-0.2, 0) is 11.2 Å². The summed E-state index contributed by atoms with van der Waals surface area (Å²) in [5.41, 5.74) is 1.66. The van der Waals surface area contributed by atoms with Gasteiger partial charge in [0.1, 0.15) is 0 Å². The van der Waals surface area contributed by atoms with E-state index in [2.05, 4.69) is 10.2 Å². The molecular formula is C17H23ClN2O. The van der Waals surface area contributed by atoms with Gasteiger partial charge in [0.15, 0.2) is 0 Å². The number of hydrogen-bond acceptors (Lipinski definition) is 2. The number of amides is 1. The number of benzene rings is 1. The molecule has 0 saturated carbocycles. The van der Waals surface area contributed by atoms with Crippen molar-refractivity contribution >= 4 is 17.5 Å². The van der Waals surface area contributed by atoms with Crippen LogP contribution in [0.3, 0.4) is 0 Å². The molecule has 3 rings (SSSR count). The number of rotatable bonds is 3. The van der Waals surface area contributed by atoms with Gasteiger partial charge in [-0.25, -0.2) is 0 Å². The molecule has 21 heavy (non-hydrogen) atoms. The number of nitrogens with zero attached hydrogens (tertiary/aromatic N) is 1. The van der Waals surface area contributed by atoms with E-state index in [1.807, 2.05) is 24.3 Å². The lowest BCUT2D eigenvalue weighted by Gasteiger charge is -2.39. The summed E-state index contributed by atoms with van der Waals surface area (Å²) in [6.07, 6.45) is 5.01. The Balaban J connectivity index is 1.47. The van der Waals surface area contributed by atoms with Crippen molar-refractivity contribution in [2.45, 2.75) is 32.1 Å². The SMILES string of the molecule is O=C(CCc1ccc(Cl)cc1)N1CCC2(CCNC2)CC1. The van der Waals surface area contributed by atoms with Crippen LogP contribution < -0.4 is 5.32 Å². The zero-order valence-electron chi connectivity index (χ0n) is 12.4. The average Bonchev–Trinajstić information content (AvgIpc) is 2.95. The lowest BCUT2D eigenvalue weighted by molar-refractivity contribution is -0.133. The van der Waals surface area contributed by atoms with Crippen LogP contribution in [0, 0.1) is 5.41 Å². The van der Waals surface area contributed by atoms with Crippen LogP contribution in [0.2, 0.25) is 5.02 Å². The zero-order chi connectivity index (χ0) is 14.7. The molecule has 2 heterocycles. The summed E-state index contributed by atoms with van der Waals surface area (Å²) in [4.78, 5) is 14.4. The van der Waals surface area contributed by atoms with E-state index in [1.165, 1.54) is 12.0 Å². The van der Waals surface area contributed by atoms with E-state index in [0.29, 0.717) is 17.7 Å². The highest BCUT2D eigenvalue weighted by Crippen LogP contribution is 2.37. The minimum Gasteiger partial charge on any atom is -0.343 e. The summed E-state index contributed by atoms with van der Waals surface area (Å²) in [5.74, 6) is 0.297. The monoisotopic (exact) mass is 306 g/mol. The van der Waals surface area contributed by atoms with Gasteiger partial charge in [0, 0.05) is 31.1 Å². The van der Waals surface area contributed by atoms with E-state index in [1.54, 1.807) is 0 Å². The van der Waals surface area contributed by atoms with Crippen molar-refractivity contribution in [3.8, 4) is 0 Å². The van der Waals surface area contributed by atoms with Crippen molar-refractivity contribution in [3.63, 3.8) is 0 Å². The molecule has 1 aromatic rings. The Bertz CT molecular complexity index is 484. The van der Waals surface area contributed by atoms with E-state index >= 15 is 0 Å². The zero-order valence-corrected chi connectivity index (χ0v) is 13.2. The van der Waals surface area contributed by atoms with Crippen LogP contribution in [0.4, 0.5) is 0 Å². The van der Waals surface area contributed by atoms with Gasteiger partial charge < -0.3 is 10.2 Å². The van der Waals surface area contributed by atoms with Crippen molar-refractivity contribution in [2.75, 3.05) is 26.2 Å². The Morgan fingerprint density at radius 1 is 1.19 bits per heavy atom. The fourth-order valence-electron chi connectivity index (χ4n) is 3.51. The molecule has 0 aromatic heterocycles. The molecular weight excluding hydrogens is 284 g/mol. The first kappa shape index (κ1) is 14.9. The lowest BCUT2D eigenvalue weighted by atomic mass is 9.78. The first-order chi connectivity index (χ1) is 10.2. The third kappa shape index (κ3) is 3.58. The van der Waals surface area contributed by atoms with E-state index in [9.17, 15) is 4.79 Å². The highest BCUT2D eigenvalue weighted by Gasteiger charge is 2.37. The number of nitrogens with one attached hydrogen (secondary N) is 1. The van der Waals surface area contributed by atoms with E-state index in [-0.39, 0.29) is 0 Å². The van der Waals surface area contributed by atoms with Crippen LogP contribution in [0.25, 0.3) is 0 Å². The second-order valence-corrected chi connectivity index (χ2v) is 6.87.